The first kappa shape index (κ1) is 11.1. The van der Waals surface area contributed by atoms with Crippen LogP contribution in [0.3, 0.4) is 0 Å². The van der Waals surface area contributed by atoms with Gasteiger partial charge < -0.3 is 9.57 Å². The van der Waals surface area contributed by atoms with Crippen molar-refractivity contribution in [2.24, 2.45) is 17.0 Å². The average Bonchev–Trinajstić information content (AvgIpc) is 2.89. The molecule has 1 heterocycles. The lowest BCUT2D eigenvalue weighted by Crippen LogP contribution is -2.29. The van der Waals surface area contributed by atoms with Gasteiger partial charge in [0, 0.05) is 0 Å². The van der Waals surface area contributed by atoms with Gasteiger partial charge in [-0.05, 0) is 12.3 Å². The summed E-state index contributed by atoms with van der Waals surface area (Å²) in [5.41, 5.74) is 0.531. The molecule has 0 saturated heterocycles. The molecule has 0 aromatic heterocycles. The maximum absolute atomic E-state index is 11.4. The molecule has 0 spiro atoms. The minimum absolute atomic E-state index is 0.528. The second-order valence-electron chi connectivity index (χ2n) is 4.30. The van der Waals surface area contributed by atoms with Crippen LogP contribution in [0, 0.1) is 11.8 Å². The number of oxime groups is 1. The maximum atomic E-state index is 11.4. The number of hydrogen-bond acceptors (Lipinski definition) is 5. The summed E-state index contributed by atoms with van der Waals surface area (Å²) in [4.78, 5) is 27.3. The summed E-state index contributed by atoms with van der Waals surface area (Å²) in [5, 5.41) is 3.70. The molecule has 2 aliphatic rings. The van der Waals surface area contributed by atoms with E-state index in [-0.39, 0.29) is 0 Å². The zero-order valence-corrected chi connectivity index (χ0v) is 9.27. The van der Waals surface area contributed by atoms with E-state index in [1.165, 1.54) is 20.0 Å². The van der Waals surface area contributed by atoms with E-state index in [2.05, 4.69) is 14.7 Å². The van der Waals surface area contributed by atoms with Crippen molar-refractivity contribution < 1.29 is 19.2 Å². The molecule has 0 N–H and O–H groups in total. The molecule has 1 unspecified atom stereocenters. The molecule has 5 heteroatoms. The van der Waals surface area contributed by atoms with Gasteiger partial charge >= 0.3 is 11.9 Å². The van der Waals surface area contributed by atoms with Gasteiger partial charge in [-0.2, -0.15) is 0 Å². The zero-order valence-electron chi connectivity index (χ0n) is 9.27. The summed E-state index contributed by atoms with van der Waals surface area (Å²) in [6.45, 7) is 0. The lowest BCUT2D eigenvalue weighted by atomic mass is 9.93. The Morgan fingerprint density at radius 1 is 1.50 bits per heavy atom. The van der Waals surface area contributed by atoms with Crippen molar-refractivity contribution in [2.45, 2.75) is 32.1 Å². The monoisotopic (exact) mass is 225 g/mol. The predicted molar refractivity (Wildman–Crippen MR) is 55.6 cm³/mol. The topological polar surface area (TPSA) is 65.0 Å². The highest BCUT2D eigenvalue weighted by Gasteiger charge is 2.40. The van der Waals surface area contributed by atoms with Crippen LogP contribution < -0.4 is 0 Å². The quantitative estimate of drug-likeness (QED) is 0.412. The molecule has 0 aromatic carbocycles. The van der Waals surface area contributed by atoms with E-state index < -0.39 is 17.9 Å². The van der Waals surface area contributed by atoms with Crippen molar-refractivity contribution in [2.75, 3.05) is 7.11 Å². The Morgan fingerprint density at radius 2 is 2.19 bits per heavy atom. The molecular formula is C11H15NO4. The first-order valence-corrected chi connectivity index (χ1v) is 5.58. The number of carbonyl (C=O) groups excluding carboxylic acids is 2. The number of rotatable bonds is 3. The summed E-state index contributed by atoms with van der Waals surface area (Å²) in [6.07, 6.45) is 5.39. The summed E-state index contributed by atoms with van der Waals surface area (Å²) >= 11 is 0. The lowest BCUT2D eigenvalue weighted by Gasteiger charge is -2.10. The minimum atomic E-state index is -0.925. The molecule has 0 aromatic rings. The summed E-state index contributed by atoms with van der Waals surface area (Å²) < 4.78 is 4.58. The molecule has 0 amide bonds. The Kier molecular flexibility index (Phi) is 3.22. The highest BCUT2D eigenvalue weighted by atomic mass is 16.7. The van der Waals surface area contributed by atoms with E-state index in [9.17, 15) is 9.59 Å². The molecule has 16 heavy (non-hydrogen) atoms. The number of hydrogen-bond donors (Lipinski definition) is 0. The van der Waals surface area contributed by atoms with Crippen LogP contribution >= 0.6 is 0 Å². The smallest absolute Gasteiger partial charge is 0.355 e. The van der Waals surface area contributed by atoms with Crippen LogP contribution in [0.5, 0.6) is 0 Å². The van der Waals surface area contributed by atoms with Gasteiger partial charge in [-0.1, -0.05) is 30.8 Å². The first-order valence-electron chi connectivity index (χ1n) is 5.58. The number of nitrogens with zero attached hydrogens (tertiary/aromatic N) is 1. The second kappa shape index (κ2) is 4.63. The predicted octanol–water partition coefficient (Wildman–Crippen LogP) is 1.27. The average molecular weight is 225 g/mol. The van der Waals surface area contributed by atoms with Crippen LogP contribution in [0.25, 0.3) is 0 Å². The summed E-state index contributed by atoms with van der Waals surface area (Å²) in [7, 11) is 1.27. The van der Waals surface area contributed by atoms with Crippen LogP contribution in [0.2, 0.25) is 0 Å². The van der Waals surface area contributed by atoms with Gasteiger partial charge in [0.2, 0.25) is 0 Å². The first-order chi connectivity index (χ1) is 7.72. The number of ether oxygens (including phenoxy) is 1. The second-order valence-corrected chi connectivity index (χ2v) is 4.30. The molecule has 1 aliphatic heterocycles. The Balaban J connectivity index is 2.02. The zero-order chi connectivity index (χ0) is 11.5. The maximum Gasteiger partial charge on any atom is 0.355 e. The molecule has 88 valence electrons. The van der Waals surface area contributed by atoms with Crippen LogP contribution in [0.1, 0.15) is 32.1 Å². The standard InChI is InChI=1S/C11H15NO4/c1-15-10(13)9-8(12-16-11(9)14)6-7-4-2-3-5-7/h7,9H,2-6H2,1H3. The summed E-state index contributed by atoms with van der Waals surface area (Å²) in [6, 6.07) is 0. The lowest BCUT2D eigenvalue weighted by molar-refractivity contribution is -0.154. The molecule has 1 atom stereocenters. The van der Waals surface area contributed by atoms with Crippen LogP contribution in [-0.4, -0.2) is 24.8 Å². The fourth-order valence-corrected chi connectivity index (χ4v) is 2.36. The molecule has 1 saturated carbocycles. The Hall–Kier alpha value is -1.39. The third-order valence-electron chi connectivity index (χ3n) is 3.23. The van der Waals surface area contributed by atoms with Crippen LogP contribution in [-0.2, 0) is 19.2 Å². The fraction of sp³-hybridized carbons (Fsp3) is 0.727. The van der Waals surface area contributed by atoms with Gasteiger partial charge in [0.1, 0.15) is 0 Å². The van der Waals surface area contributed by atoms with E-state index in [1.54, 1.807) is 0 Å². The van der Waals surface area contributed by atoms with Crippen molar-refractivity contribution >= 4 is 17.7 Å². The SMILES string of the molecule is COC(=O)C1C(=O)ON=C1CC1CCCC1. The number of esters is 1. The molecule has 0 bridgehead atoms. The van der Waals surface area contributed by atoms with Crippen LogP contribution in [0.15, 0.2) is 5.16 Å². The highest BCUT2D eigenvalue weighted by Crippen LogP contribution is 2.30. The molecule has 0 radical (unpaired) electrons. The van der Waals surface area contributed by atoms with E-state index in [4.69, 9.17) is 0 Å². The van der Waals surface area contributed by atoms with Gasteiger partial charge in [-0.15, -0.1) is 0 Å². The van der Waals surface area contributed by atoms with Crippen molar-refractivity contribution in [3.63, 3.8) is 0 Å². The number of methoxy groups -OCH3 is 1. The normalized spacial score (nSPS) is 25.4. The van der Waals surface area contributed by atoms with Crippen molar-refractivity contribution in [3.05, 3.63) is 0 Å². The van der Waals surface area contributed by atoms with Crippen molar-refractivity contribution in [1.82, 2.24) is 0 Å². The van der Waals surface area contributed by atoms with Gasteiger partial charge in [0.25, 0.3) is 0 Å². The van der Waals surface area contributed by atoms with Gasteiger partial charge in [-0.3, -0.25) is 4.79 Å². The van der Waals surface area contributed by atoms with Gasteiger partial charge in [0.15, 0.2) is 5.92 Å². The molecule has 5 nitrogen and oxygen atoms in total. The van der Waals surface area contributed by atoms with Crippen molar-refractivity contribution in [3.8, 4) is 0 Å². The van der Waals surface area contributed by atoms with Crippen molar-refractivity contribution in [1.29, 1.82) is 0 Å². The highest BCUT2D eigenvalue weighted by molar-refractivity contribution is 6.18. The third-order valence-corrected chi connectivity index (χ3v) is 3.23. The van der Waals surface area contributed by atoms with E-state index >= 15 is 0 Å². The van der Waals surface area contributed by atoms with Gasteiger partial charge in [-0.25, -0.2) is 4.79 Å². The number of carbonyl (C=O) groups is 2. The molecule has 2 rings (SSSR count). The summed E-state index contributed by atoms with van der Waals surface area (Å²) in [5.74, 6) is -1.58. The van der Waals surface area contributed by atoms with Crippen LogP contribution in [0.4, 0.5) is 0 Å². The Bertz CT molecular complexity index is 331. The molecular weight excluding hydrogens is 210 g/mol. The molecule has 1 aliphatic carbocycles. The third kappa shape index (κ3) is 2.08. The Morgan fingerprint density at radius 3 is 2.81 bits per heavy atom. The molecule has 1 fully saturated rings. The van der Waals surface area contributed by atoms with E-state index in [1.807, 2.05) is 0 Å². The van der Waals surface area contributed by atoms with E-state index in [0.717, 1.165) is 12.8 Å². The minimum Gasteiger partial charge on any atom is -0.468 e. The Labute approximate surface area is 93.8 Å². The fourth-order valence-electron chi connectivity index (χ4n) is 2.36. The largest absolute Gasteiger partial charge is 0.468 e. The van der Waals surface area contributed by atoms with Gasteiger partial charge in [0.05, 0.1) is 12.8 Å². The van der Waals surface area contributed by atoms with E-state index in [0.29, 0.717) is 18.1 Å².